The van der Waals surface area contributed by atoms with Crippen LogP contribution in [0.3, 0.4) is 0 Å². The van der Waals surface area contributed by atoms with E-state index in [1.807, 2.05) is 27.0 Å². The normalized spacial score (nSPS) is 21.1. The summed E-state index contributed by atoms with van der Waals surface area (Å²) in [4.78, 5) is 16.1. The highest BCUT2D eigenvalue weighted by Gasteiger charge is 2.24. The lowest BCUT2D eigenvalue weighted by Gasteiger charge is -2.30. The Labute approximate surface area is 167 Å². The van der Waals surface area contributed by atoms with Crippen LogP contribution in [-0.2, 0) is 16.0 Å². The average molecular weight is 481 g/mol. The molecular weight excluding hydrogens is 453 g/mol. The van der Waals surface area contributed by atoms with Gasteiger partial charge >= 0.3 is 6.09 Å². The molecule has 1 aliphatic carbocycles. The summed E-state index contributed by atoms with van der Waals surface area (Å²) in [5.41, 5.74) is -0.450. The molecule has 0 aliphatic heterocycles. The first-order chi connectivity index (χ1) is 11.8. The number of aromatic nitrogens is 1. The lowest BCUT2D eigenvalue weighted by molar-refractivity contribution is 0.0193. The molecule has 2 N–H and O–H groups in total. The SMILES string of the molecule is CC(C)(C)OC(=O)NC1CCC(OCCNCc2ncc(I)s2)CC1. The minimum atomic E-state index is -0.450. The van der Waals surface area contributed by atoms with E-state index in [1.165, 1.54) is 2.88 Å². The van der Waals surface area contributed by atoms with Crippen LogP contribution in [0.25, 0.3) is 0 Å². The zero-order valence-electron chi connectivity index (χ0n) is 15.1. The number of halogens is 1. The first-order valence-corrected chi connectivity index (χ1v) is 10.6. The van der Waals surface area contributed by atoms with Crippen LogP contribution in [0.2, 0.25) is 0 Å². The van der Waals surface area contributed by atoms with Crippen LogP contribution in [0.5, 0.6) is 0 Å². The van der Waals surface area contributed by atoms with Gasteiger partial charge in [-0.1, -0.05) is 0 Å². The van der Waals surface area contributed by atoms with Crippen LogP contribution < -0.4 is 10.6 Å². The van der Waals surface area contributed by atoms with Crippen LogP contribution in [0.4, 0.5) is 4.79 Å². The largest absolute Gasteiger partial charge is 0.444 e. The van der Waals surface area contributed by atoms with Gasteiger partial charge in [0.1, 0.15) is 10.6 Å². The van der Waals surface area contributed by atoms with Crippen LogP contribution in [0.15, 0.2) is 6.20 Å². The Morgan fingerprint density at radius 2 is 2.08 bits per heavy atom. The van der Waals surface area contributed by atoms with Crippen molar-refractivity contribution in [2.45, 2.75) is 70.7 Å². The van der Waals surface area contributed by atoms with E-state index < -0.39 is 5.60 Å². The number of hydrogen-bond acceptors (Lipinski definition) is 6. The number of thiazole rings is 1. The molecule has 2 rings (SSSR count). The molecule has 1 saturated carbocycles. The van der Waals surface area contributed by atoms with Crippen molar-refractivity contribution in [1.29, 1.82) is 0 Å². The number of amides is 1. The summed E-state index contributed by atoms with van der Waals surface area (Å²) < 4.78 is 12.4. The Hall–Kier alpha value is -0.450. The number of ether oxygens (including phenoxy) is 2. The summed E-state index contributed by atoms with van der Waals surface area (Å²) in [6, 6.07) is 0.195. The Balaban J connectivity index is 1.52. The summed E-state index contributed by atoms with van der Waals surface area (Å²) in [5.74, 6) is 0. The first-order valence-electron chi connectivity index (χ1n) is 8.74. The molecule has 0 radical (unpaired) electrons. The fraction of sp³-hybridized carbons (Fsp3) is 0.765. The van der Waals surface area contributed by atoms with E-state index in [9.17, 15) is 4.79 Å². The number of carbonyl (C=O) groups is 1. The fourth-order valence-electron chi connectivity index (χ4n) is 2.71. The van der Waals surface area contributed by atoms with Crippen molar-refractivity contribution in [2.75, 3.05) is 13.2 Å². The van der Waals surface area contributed by atoms with Crippen molar-refractivity contribution in [2.24, 2.45) is 0 Å². The number of nitrogens with zero attached hydrogens (tertiary/aromatic N) is 1. The highest BCUT2D eigenvalue weighted by Crippen LogP contribution is 2.21. The molecular formula is C17H28IN3O3S. The van der Waals surface area contributed by atoms with E-state index in [0.29, 0.717) is 12.7 Å². The maximum Gasteiger partial charge on any atom is 0.407 e. The van der Waals surface area contributed by atoms with Crippen LogP contribution in [0, 0.1) is 2.88 Å². The molecule has 25 heavy (non-hydrogen) atoms. The Morgan fingerprint density at radius 3 is 2.68 bits per heavy atom. The van der Waals surface area contributed by atoms with E-state index in [0.717, 1.165) is 43.8 Å². The van der Waals surface area contributed by atoms with Crippen molar-refractivity contribution in [1.82, 2.24) is 15.6 Å². The maximum atomic E-state index is 11.8. The molecule has 142 valence electrons. The van der Waals surface area contributed by atoms with Crippen molar-refractivity contribution < 1.29 is 14.3 Å². The molecule has 0 atom stereocenters. The van der Waals surface area contributed by atoms with Crippen molar-refractivity contribution in [3.63, 3.8) is 0 Å². The molecule has 1 aliphatic rings. The summed E-state index contributed by atoms with van der Waals surface area (Å²) in [5, 5.41) is 7.42. The van der Waals surface area contributed by atoms with E-state index in [2.05, 4.69) is 38.2 Å². The van der Waals surface area contributed by atoms with Crippen LogP contribution >= 0.6 is 33.9 Å². The van der Waals surface area contributed by atoms with Gasteiger partial charge in [0.25, 0.3) is 0 Å². The smallest absolute Gasteiger partial charge is 0.407 e. The van der Waals surface area contributed by atoms with Crippen LogP contribution in [-0.4, -0.2) is 42.0 Å². The van der Waals surface area contributed by atoms with E-state index in [1.54, 1.807) is 11.3 Å². The van der Waals surface area contributed by atoms with Gasteiger partial charge in [-0.2, -0.15) is 0 Å². The highest BCUT2D eigenvalue weighted by molar-refractivity contribution is 14.1. The molecule has 0 aromatic carbocycles. The Morgan fingerprint density at radius 1 is 1.36 bits per heavy atom. The van der Waals surface area contributed by atoms with Gasteiger partial charge in [-0.25, -0.2) is 9.78 Å². The van der Waals surface area contributed by atoms with Gasteiger partial charge in [0.2, 0.25) is 0 Å². The second-order valence-corrected chi connectivity index (χ2v) is 10.2. The van der Waals surface area contributed by atoms with Gasteiger partial charge in [-0.3, -0.25) is 0 Å². The molecule has 1 aromatic rings. The summed E-state index contributed by atoms with van der Waals surface area (Å²) >= 11 is 3.99. The quantitative estimate of drug-likeness (QED) is 0.459. The third-order valence-corrected chi connectivity index (χ3v) is 5.55. The fourth-order valence-corrected chi connectivity index (χ4v) is 4.22. The number of rotatable bonds is 7. The van der Waals surface area contributed by atoms with Gasteiger partial charge in [0.15, 0.2) is 0 Å². The third kappa shape index (κ3) is 8.65. The molecule has 0 spiro atoms. The molecule has 8 heteroatoms. The van der Waals surface area contributed by atoms with Gasteiger partial charge in [0.05, 0.1) is 21.8 Å². The summed E-state index contributed by atoms with van der Waals surface area (Å²) in [6.07, 6.45) is 5.69. The predicted molar refractivity (Wildman–Crippen MR) is 108 cm³/mol. The van der Waals surface area contributed by atoms with Crippen molar-refractivity contribution in [3.8, 4) is 0 Å². The number of alkyl carbamates (subject to hydrolysis) is 1. The van der Waals surface area contributed by atoms with Crippen molar-refractivity contribution in [3.05, 3.63) is 14.1 Å². The monoisotopic (exact) mass is 481 g/mol. The standard InChI is InChI=1S/C17H28IN3O3S/c1-17(2,3)24-16(22)21-12-4-6-13(7-5-12)23-9-8-19-11-15-20-10-14(18)25-15/h10,12-13,19H,4-9,11H2,1-3H3,(H,21,22). The molecule has 1 amide bonds. The number of carbonyl (C=O) groups excluding carboxylic acids is 1. The molecule has 0 saturated heterocycles. The molecule has 1 aromatic heterocycles. The molecule has 0 unspecified atom stereocenters. The average Bonchev–Trinajstić information content (AvgIpc) is 2.92. The topological polar surface area (TPSA) is 72.5 Å². The van der Waals surface area contributed by atoms with Crippen LogP contribution in [0.1, 0.15) is 51.5 Å². The summed E-state index contributed by atoms with van der Waals surface area (Å²) in [7, 11) is 0. The van der Waals surface area contributed by atoms with Crippen molar-refractivity contribution >= 4 is 40.0 Å². The minimum Gasteiger partial charge on any atom is -0.444 e. The van der Waals surface area contributed by atoms with Gasteiger partial charge < -0.3 is 20.1 Å². The van der Waals surface area contributed by atoms with Gasteiger partial charge in [-0.15, -0.1) is 11.3 Å². The number of nitrogens with one attached hydrogen (secondary N) is 2. The lowest BCUT2D eigenvalue weighted by Crippen LogP contribution is -2.42. The zero-order valence-corrected chi connectivity index (χ0v) is 18.1. The zero-order chi connectivity index (χ0) is 18.3. The molecule has 1 fully saturated rings. The second kappa shape index (κ2) is 10.0. The van der Waals surface area contributed by atoms with Gasteiger partial charge in [0, 0.05) is 19.1 Å². The Kier molecular flexibility index (Phi) is 8.37. The highest BCUT2D eigenvalue weighted by atomic mass is 127. The number of hydrogen-bond donors (Lipinski definition) is 2. The van der Waals surface area contributed by atoms with E-state index in [-0.39, 0.29) is 12.1 Å². The first kappa shape index (κ1) is 20.9. The lowest BCUT2D eigenvalue weighted by atomic mass is 9.93. The second-order valence-electron chi connectivity index (χ2n) is 7.23. The molecule has 6 nitrogen and oxygen atoms in total. The molecule has 1 heterocycles. The summed E-state index contributed by atoms with van der Waals surface area (Å²) in [6.45, 7) is 7.95. The predicted octanol–water partition coefficient (Wildman–Crippen LogP) is 3.69. The third-order valence-electron chi connectivity index (χ3n) is 3.83. The minimum absolute atomic E-state index is 0.195. The maximum absolute atomic E-state index is 11.8. The van der Waals surface area contributed by atoms with E-state index >= 15 is 0 Å². The Bertz CT molecular complexity index is 539. The van der Waals surface area contributed by atoms with E-state index in [4.69, 9.17) is 9.47 Å². The van der Waals surface area contributed by atoms with Gasteiger partial charge in [-0.05, 0) is 69.0 Å². The molecule has 0 bridgehead atoms.